The van der Waals surface area contributed by atoms with Gasteiger partial charge in [-0.15, -0.1) is 0 Å². The molecular weight excluding hydrogens is 315 g/mol. The summed E-state index contributed by atoms with van der Waals surface area (Å²) in [5.74, 6) is -1.28. The smallest absolute Gasteiger partial charge is 0.254 e. The van der Waals surface area contributed by atoms with Gasteiger partial charge in [-0.3, -0.25) is 9.59 Å². The van der Waals surface area contributed by atoms with Gasteiger partial charge in [-0.1, -0.05) is 6.07 Å². The zero-order chi connectivity index (χ0) is 14.4. The summed E-state index contributed by atoms with van der Waals surface area (Å²) in [7, 11) is 0. The van der Waals surface area contributed by atoms with Crippen LogP contribution in [0.5, 0.6) is 0 Å². The Morgan fingerprint density at radius 3 is 2.68 bits per heavy atom. The van der Waals surface area contributed by atoms with E-state index in [1.807, 2.05) is 13.8 Å². The molecule has 1 rings (SSSR count). The normalized spacial score (nSPS) is 10.4. The second kappa shape index (κ2) is 7.23. The van der Waals surface area contributed by atoms with Crippen molar-refractivity contribution < 1.29 is 14.0 Å². The van der Waals surface area contributed by atoms with Crippen molar-refractivity contribution >= 4 is 27.7 Å². The average molecular weight is 331 g/mol. The molecule has 0 unspecified atom stereocenters. The minimum absolute atomic E-state index is 0.0429. The van der Waals surface area contributed by atoms with Crippen molar-refractivity contribution in [2.75, 3.05) is 6.54 Å². The van der Waals surface area contributed by atoms with Crippen molar-refractivity contribution in [2.45, 2.75) is 26.3 Å². The van der Waals surface area contributed by atoms with Crippen LogP contribution in [0.3, 0.4) is 0 Å². The largest absolute Gasteiger partial charge is 0.354 e. The van der Waals surface area contributed by atoms with Gasteiger partial charge in [0.15, 0.2) is 0 Å². The lowest BCUT2D eigenvalue weighted by Crippen LogP contribution is -2.34. The molecule has 0 aromatic heterocycles. The molecule has 0 heterocycles. The summed E-state index contributed by atoms with van der Waals surface area (Å²) in [5.41, 5.74) is -0.0429. The zero-order valence-corrected chi connectivity index (χ0v) is 12.4. The van der Waals surface area contributed by atoms with Crippen LogP contribution in [0.15, 0.2) is 22.7 Å². The Balaban J connectivity index is 2.48. The first-order chi connectivity index (χ1) is 8.91. The van der Waals surface area contributed by atoms with Crippen LogP contribution < -0.4 is 10.6 Å². The minimum Gasteiger partial charge on any atom is -0.354 e. The van der Waals surface area contributed by atoms with Crippen LogP contribution in [0.2, 0.25) is 0 Å². The maximum atomic E-state index is 13.6. The Hall–Kier alpha value is -1.43. The van der Waals surface area contributed by atoms with Gasteiger partial charge >= 0.3 is 0 Å². The number of hydrogen-bond donors (Lipinski definition) is 2. The third kappa shape index (κ3) is 4.98. The van der Waals surface area contributed by atoms with Crippen molar-refractivity contribution in [3.8, 4) is 0 Å². The first kappa shape index (κ1) is 15.6. The fraction of sp³-hybridized carbons (Fsp3) is 0.385. The van der Waals surface area contributed by atoms with Gasteiger partial charge in [0.25, 0.3) is 5.91 Å². The van der Waals surface area contributed by atoms with Crippen molar-refractivity contribution in [1.29, 1.82) is 0 Å². The highest BCUT2D eigenvalue weighted by molar-refractivity contribution is 9.10. The summed E-state index contributed by atoms with van der Waals surface area (Å²) in [6.45, 7) is 3.88. The number of amides is 2. The maximum Gasteiger partial charge on any atom is 0.254 e. The van der Waals surface area contributed by atoms with E-state index in [2.05, 4.69) is 26.6 Å². The molecular formula is C13H16BrFN2O2. The molecule has 0 spiro atoms. The molecule has 4 nitrogen and oxygen atoms in total. The molecule has 0 saturated heterocycles. The predicted molar refractivity (Wildman–Crippen MR) is 74.3 cm³/mol. The summed E-state index contributed by atoms with van der Waals surface area (Å²) in [6, 6.07) is 4.55. The number of carbonyl (C=O) groups excluding carboxylic acids is 2. The van der Waals surface area contributed by atoms with Gasteiger partial charge in [0.2, 0.25) is 5.91 Å². The number of carbonyl (C=O) groups is 2. The third-order valence-electron chi connectivity index (χ3n) is 2.28. The second-order valence-corrected chi connectivity index (χ2v) is 5.18. The van der Waals surface area contributed by atoms with Crippen molar-refractivity contribution in [3.05, 3.63) is 34.1 Å². The maximum absolute atomic E-state index is 13.6. The van der Waals surface area contributed by atoms with E-state index < -0.39 is 11.7 Å². The Morgan fingerprint density at radius 2 is 2.05 bits per heavy atom. The summed E-state index contributed by atoms with van der Waals surface area (Å²) >= 11 is 3.01. The molecule has 0 saturated carbocycles. The van der Waals surface area contributed by atoms with Crippen LogP contribution in [-0.2, 0) is 4.79 Å². The molecule has 2 N–H and O–H groups in total. The van der Waals surface area contributed by atoms with Gasteiger partial charge in [0.1, 0.15) is 5.82 Å². The van der Waals surface area contributed by atoms with Gasteiger partial charge in [0, 0.05) is 19.0 Å². The molecule has 0 aliphatic carbocycles. The quantitative estimate of drug-likeness (QED) is 0.869. The van der Waals surface area contributed by atoms with Gasteiger partial charge in [-0.25, -0.2) is 4.39 Å². The molecule has 19 heavy (non-hydrogen) atoms. The molecule has 0 bridgehead atoms. The van der Waals surface area contributed by atoms with E-state index in [4.69, 9.17) is 0 Å². The highest BCUT2D eigenvalue weighted by atomic mass is 79.9. The summed E-state index contributed by atoms with van der Waals surface area (Å²) in [5, 5.41) is 5.22. The van der Waals surface area contributed by atoms with E-state index >= 15 is 0 Å². The topological polar surface area (TPSA) is 58.2 Å². The SMILES string of the molecule is CC(C)NC(=O)CCNC(=O)c1cccc(Br)c1F. The Morgan fingerprint density at radius 1 is 1.37 bits per heavy atom. The number of hydrogen-bond acceptors (Lipinski definition) is 2. The second-order valence-electron chi connectivity index (χ2n) is 4.33. The van der Waals surface area contributed by atoms with Crippen molar-refractivity contribution in [1.82, 2.24) is 10.6 Å². The zero-order valence-electron chi connectivity index (χ0n) is 10.8. The van der Waals surface area contributed by atoms with E-state index in [0.29, 0.717) is 0 Å². The molecule has 0 aliphatic rings. The van der Waals surface area contributed by atoms with Crippen molar-refractivity contribution in [3.63, 3.8) is 0 Å². The van der Waals surface area contributed by atoms with Crippen LogP contribution in [0.4, 0.5) is 4.39 Å². The monoisotopic (exact) mass is 330 g/mol. The van der Waals surface area contributed by atoms with Gasteiger partial charge in [-0.2, -0.15) is 0 Å². The van der Waals surface area contributed by atoms with Crippen LogP contribution in [0, 0.1) is 5.82 Å². The Labute approximate surface area is 119 Å². The lowest BCUT2D eigenvalue weighted by molar-refractivity contribution is -0.121. The first-order valence-corrected chi connectivity index (χ1v) is 6.72. The number of halogens is 2. The fourth-order valence-electron chi connectivity index (χ4n) is 1.46. The summed E-state index contributed by atoms with van der Waals surface area (Å²) in [6.07, 6.45) is 0.166. The summed E-state index contributed by atoms with van der Waals surface area (Å²) < 4.78 is 13.9. The van der Waals surface area contributed by atoms with E-state index in [1.54, 1.807) is 6.07 Å². The highest BCUT2D eigenvalue weighted by Crippen LogP contribution is 2.18. The Kier molecular flexibility index (Phi) is 5.95. The number of benzene rings is 1. The van der Waals surface area contributed by atoms with E-state index in [1.165, 1.54) is 12.1 Å². The minimum atomic E-state index is -0.605. The fourth-order valence-corrected chi connectivity index (χ4v) is 1.82. The van der Waals surface area contributed by atoms with Crippen LogP contribution >= 0.6 is 15.9 Å². The van der Waals surface area contributed by atoms with Gasteiger partial charge in [-0.05, 0) is 41.9 Å². The predicted octanol–water partition coefficient (Wildman–Crippen LogP) is 2.23. The van der Waals surface area contributed by atoms with E-state index in [0.717, 1.165) is 0 Å². The molecule has 1 aromatic carbocycles. The van der Waals surface area contributed by atoms with Gasteiger partial charge < -0.3 is 10.6 Å². The van der Waals surface area contributed by atoms with Crippen LogP contribution in [0.1, 0.15) is 30.6 Å². The molecule has 0 radical (unpaired) electrons. The molecule has 0 fully saturated rings. The first-order valence-electron chi connectivity index (χ1n) is 5.93. The lowest BCUT2D eigenvalue weighted by atomic mass is 10.2. The molecule has 1 aromatic rings. The highest BCUT2D eigenvalue weighted by Gasteiger charge is 2.13. The number of rotatable bonds is 5. The number of nitrogens with one attached hydrogen (secondary N) is 2. The van der Waals surface area contributed by atoms with E-state index in [-0.39, 0.29) is 35.0 Å². The van der Waals surface area contributed by atoms with E-state index in [9.17, 15) is 14.0 Å². The average Bonchev–Trinajstić information content (AvgIpc) is 2.31. The standard InChI is InChI=1S/C13H16BrFN2O2/c1-8(2)17-11(18)6-7-16-13(19)9-4-3-5-10(14)12(9)15/h3-5,8H,6-7H2,1-2H3,(H,16,19)(H,17,18). The molecule has 6 heteroatoms. The van der Waals surface area contributed by atoms with Crippen LogP contribution in [0.25, 0.3) is 0 Å². The van der Waals surface area contributed by atoms with Crippen molar-refractivity contribution in [2.24, 2.45) is 0 Å². The molecule has 0 atom stereocenters. The van der Waals surface area contributed by atoms with Crippen LogP contribution in [-0.4, -0.2) is 24.4 Å². The molecule has 0 aliphatic heterocycles. The third-order valence-corrected chi connectivity index (χ3v) is 2.90. The Bertz CT molecular complexity index is 478. The molecule has 2 amide bonds. The van der Waals surface area contributed by atoms with Gasteiger partial charge in [0.05, 0.1) is 10.0 Å². The lowest BCUT2D eigenvalue weighted by Gasteiger charge is -2.09. The summed E-state index contributed by atoms with van der Waals surface area (Å²) in [4.78, 5) is 23.1. The molecule has 104 valence electrons.